The summed E-state index contributed by atoms with van der Waals surface area (Å²) < 4.78 is 5.35. The van der Waals surface area contributed by atoms with Gasteiger partial charge in [0.1, 0.15) is 10.6 Å². The average Bonchev–Trinajstić information content (AvgIpc) is 2.38. The Kier molecular flexibility index (Phi) is 10.5. The van der Waals surface area contributed by atoms with E-state index >= 15 is 0 Å². The number of alkyl halides is 2. The van der Waals surface area contributed by atoms with Crippen LogP contribution in [0.4, 0.5) is 0 Å². The minimum absolute atomic E-state index is 0.179. The zero-order chi connectivity index (χ0) is 17.3. The van der Waals surface area contributed by atoms with Gasteiger partial charge in [0.15, 0.2) is 8.32 Å². The highest BCUT2D eigenvalue weighted by molar-refractivity contribution is 6.74. The maximum atomic E-state index is 10.2. The third-order valence-corrected chi connectivity index (χ3v) is 9.64. The van der Waals surface area contributed by atoms with Crippen LogP contribution < -0.4 is 0 Å². The van der Waals surface area contributed by atoms with E-state index in [-0.39, 0.29) is 5.04 Å². The van der Waals surface area contributed by atoms with Gasteiger partial charge >= 0.3 is 0 Å². The van der Waals surface area contributed by atoms with Gasteiger partial charge in [-0.25, -0.2) is 0 Å². The maximum Gasteiger partial charge on any atom is 0.192 e. The molecule has 132 valence electrons. The second-order valence-corrected chi connectivity index (χ2v) is 14.2. The van der Waals surface area contributed by atoms with Gasteiger partial charge in [-0.05, 0) is 31.0 Å². The molecule has 0 spiro atoms. The minimum atomic E-state index is -1.79. The van der Waals surface area contributed by atoms with Crippen LogP contribution in [0.2, 0.25) is 18.1 Å². The SMILES string of the molecule is CC(C)(C)[Si](C)(C)OCC(Cl)(Cl)CCCCCCCCC=O. The maximum absolute atomic E-state index is 10.2. The largest absolute Gasteiger partial charge is 0.414 e. The van der Waals surface area contributed by atoms with Gasteiger partial charge in [0, 0.05) is 6.42 Å². The zero-order valence-corrected chi connectivity index (χ0v) is 17.5. The van der Waals surface area contributed by atoms with E-state index in [4.69, 9.17) is 27.6 Å². The zero-order valence-electron chi connectivity index (χ0n) is 15.0. The van der Waals surface area contributed by atoms with Crippen molar-refractivity contribution in [3.05, 3.63) is 0 Å². The van der Waals surface area contributed by atoms with Gasteiger partial charge in [0.25, 0.3) is 0 Å². The average molecular weight is 369 g/mol. The third kappa shape index (κ3) is 10.2. The minimum Gasteiger partial charge on any atom is -0.414 e. The molecule has 0 fully saturated rings. The molecule has 5 heteroatoms. The first-order valence-electron chi connectivity index (χ1n) is 8.47. The fourth-order valence-corrected chi connectivity index (χ4v) is 3.49. The number of hydrogen-bond acceptors (Lipinski definition) is 2. The van der Waals surface area contributed by atoms with E-state index in [1.54, 1.807) is 0 Å². The third-order valence-electron chi connectivity index (χ3n) is 4.56. The summed E-state index contributed by atoms with van der Waals surface area (Å²) in [5.74, 6) is 0. The Labute approximate surface area is 148 Å². The summed E-state index contributed by atoms with van der Waals surface area (Å²) in [6.07, 6.45) is 9.16. The smallest absolute Gasteiger partial charge is 0.192 e. The Hall–Kier alpha value is 0.427. The van der Waals surface area contributed by atoms with Gasteiger partial charge in [-0.3, -0.25) is 0 Å². The summed E-state index contributed by atoms with van der Waals surface area (Å²) in [6.45, 7) is 11.5. The molecule has 0 saturated heterocycles. The summed E-state index contributed by atoms with van der Waals surface area (Å²) in [7, 11) is -1.79. The molecule has 0 aliphatic carbocycles. The highest BCUT2D eigenvalue weighted by Crippen LogP contribution is 2.38. The number of carbonyl (C=O) groups excluding carboxylic acids is 1. The fourth-order valence-electron chi connectivity index (χ4n) is 1.89. The highest BCUT2D eigenvalue weighted by atomic mass is 35.5. The van der Waals surface area contributed by atoms with E-state index in [0.29, 0.717) is 13.0 Å². The summed E-state index contributed by atoms with van der Waals surface area (Å²) >= 11 is 12.8. The summed E-state index contributed by atoms with van der Waals surface area (Å²) in [5.41, 5.74) is 0. The van der Waals surface area contributed by atoms with E-state index in [9.17, 15) is 4.79 Å². The molecule has 2 nitrogen and oxygen atoms in total. The lowest BCUT2D eigenvalue weighted by atomic mass is 10.1. The molecule has 22 heavy (non-hydrogen) atoms. The highest BCUT2D eigenvalue weighted by Gasteiger charge is 2.39. The lowest BCUT2D eigenvalue weighted by Crippen LogP contribution is -2.43. The molecular formula is C17H34Cl2O2Si. The van der Waals surface area contributed by atoms with Crippen molar-refractivity contribution in [2.24, 2.45) is 0 Å². The first-order chi connectivity index (χ1) is 10.0. The molecule has 0 aromatic carbocycles. The predicted octanol–water partition coefficient (Wildman–Crippen LogP) is 6.50. The second-order valence-electron chi connectivity index (χ2n) is 7.73. The molecule has 0 unspecified atom stereocenters. The first kappa shape index (κ1) is 22.4. The van der Waals surface area contributed by atoms with Crippen LogP contribution in [0, 0.1) is 0 Å². The number of halogens is 2. The fraction of sp³-hybridized carbons (Fsp3) is 0.941. The van der Waals surface area contributed by atoms with Crippen LogP contribution in [0.3, 0.4) is 0 Å². The molecule has 0 bridgehead atoms. The van der Waals surface area contributed by atoms with Crippen molar-refractivity contribution in [2.45, 2.75) is 94.6 Å². The number of carbonyl (C=O) groups is 1. The number of aldehydes is 1. The van der Waals surface area contributed by atoms with Crippen LogP contribution in [0.25, 0.3) is 0 Å². The van der Waals surface area contributed by atoms with Crippen molar-refractivity contribution in [3.63, 3.8) is 0 Å². The van der Waals surface area contributed by atoms with Crippen LogP contribution in [0.5, 0.6) is 0 Å². The predicted molar refractivity (Wildman–Crippen MR) is 101 cm³/mol. The molecule has 0 aliphatic heterocycles. The van der Waals surface area contributed by atoms with Crippen molar-refractivity contribution < 1.29 is 9.22 Å². The van der Waals surface area contributed by atoms with Crippen molar-refractivity contribution in [1.29, 1.82) is 0 Å². The van der Waals surface area contributed by atoms with Gasteiger partial charge < -0.3 is 9.22 Å². The van der Waals surface area contributed by atoms with Gasteiger partial charge in [0.05, 0.1) is 6.61 Å². The molecule has 0 rings (SSSR count). The Morgan fingerprint density at radius 3 is 1.95 bits per heavy atom. The number of rotatable bonds is 12. The topological polar surface area (TPSA) is 26.3 Å². The Balaban J connectivity index is 3.84. The number of hydrogen-bond donors (Lipinski definition) is 0. The van der Waals surface area contributed by atoms with E-state index < -0.39 is 12.7 Å². The molecule has 0 heterocycles. The standard InChI is InChI=1S/C17H34Cl2O2Si/c1-16(2,3)22(4,5)21-15-17(18,19)13-11-9-7-6-8-10-12-14-20/h14H,6-13,15H2,1-5H3. The van der Waals surface area contributed by atoms with Crippen LogP contribution in [0.1, 0.15) is 72.1 Å². The summed E-state index contributed by atoms with van der Waals surface area (Å²) in [6, 6.07) is 0. The van der Waals surface area contributed by atoms with E-state index in [1.165, 1.54) is 12.8 Å². The van der Waals surface area contributed by atoms with Crippen LogP contribution in [-0.4, -0.2) is 25.5 Å². The van der Waals surface area contributed by atoms with Crippen molar-refractivity contribution in [2.75, 3.05) is 6.61 Å². The summed E-state index contributed by atoms with van der Waals surface area (Å²) in [5, 5.41) is 0.179. The molecule has 0 N–H and O–H groups in total. The van der Waals surface area contributed by atoms with Crippen molar-refractivity contribution in [3.8, 4) is 0 Å². The molecule has 0 aromatic heterocycles. The number of unbranched alkanes of at least 4 members (excludes halogenated alkanes) is 6. The molecule has 0 amide bonds. The molecule has 0 radical (unpaired) electrons. The molecular weight excluding hydrogens is 335 g/mol. The molecule has 0 aromatic rings. The van der Waals surface area contributed by atoms with Crippen LogP contribution >= 0.6 is 23.2 Å². The molecule has 0 saturated carbocycles. The van der Waals surface area contributed by atoms with Crippen LogP contribution in [-0.2, 0) is 9.22 Å². The summed E-state index contributed by atoms with van der Waals surface area (Å²) in [4.78, 5) is 10.2. The Morgan fingerprint density at radius 2 is 1.45 bits per heavy atom. The quantitative estimate of drug-likeness (QED) is 0.170. The first-order valence-corrected chi connectivity index (χ1v) is 12.1. The van der Waals surface area contributed by atoms with E-state index in [0.717, 1.165) is 38.4 Å². The van der Waals surface area contributed by atoms with Gasteiger partial charge in [-0.1, -0.05) is 76.1 Å². The molecule has 0 atom stereocenters. The van der Waals surface area contributed by atoms with Crippen molar-refractivity contribution in [1.82, 2.24) is 0 Å². The van der Waals surface area contributed by atoms with Crippen LogP contribution in [0.15, 0.2) is 0 Å². The lowest BCUT2D eigenvalue weighted by Gasteiger charge is -2.37. The lowest BCUT2D eigenvalue weighted by molar-refractivity contribution is -0.107. The van der Waals surface area contributed by atoms with Crippen molar-refractivity contribution >= 4 is 37.8 Å². The van der Waals surface area contributed by atoms with E-state index in [2.05, 4.69) is 33.9 Å². The molecule has 0 aliphatic rings. The normalized spacial score (nSPS) is 13.4. The Morgan fingerprint density at radius 1 is 0.955 bits per heavy atom. The second kappa shape index (κ2) is 10.3. The van der Waals surface area contributed by atoms with E-state index in [1.807, 2.05) is 0 Å². The van der Waals surface area contributed by atoms with Gasteiger partial charge in [0.2, 0.25) is 0 Å². The van der Waals surface area contributed by atoms with Gasteiger partial charge in [-0.15, -0.1) is 0 Å². The van der Waals surface area contributed by atoms with Gasteiger partial charge in [-0.2, -0.15) is 0 Å². The monoisotopic (exact) mass is 368 g/mol. The Bertz CT molecular complexity index is 312.